The number of nitrogens with zero attached hydrogens (tertiary/aromatic N) is 3. The van der Waals surface area contributed by atoms with Crippen LogP contribution in [0.3, 0.4) is 0 Å². The van der Waals surface area contributed by atoms with Crippen LogP contribution >= 0.6 is 15.9 Å². The maximum Gasteiger partial charge on any atom is 0.167 e. The van der Waals surface area contributed by atoms with Gasteiger partial charge in [0.1, 0.15) is 11.2 Å². The van der Waals surface area contributed by atoms with E-state index in [4.69, 9.17) is 19.4 Å². The maximum atomic E-state index is 6.31. The second-order valence-corrected chi connectivity index (χ2v) is 9.96. The molecule has 2 heterocycles. The Morgan fingerprint density at radius 1 is 0.474 bits per heavy atom. The van der Waals surface area contributed by atoms with E-state index in [1.54, 1.807) is 0 Å². The van der Waals surface area contributed by atoms with Gasteiger partial charge in [0.25, 0.3) is 0 Å². The molecule has 0 N–H and O–H groups in total. The van der Waals surface area contributed by atoms with Crippen LogP contribution < -0.4 is 0 Å². The quantitative estimate of drug-likeness (QED) is 0.218. The van der Waals surface area contributed by atoms with Gasteiger partial charge in [-0.3, -0.25) is 0 Å². The molecule has 5 heteroatoms. The van der Waals surface area contributed by atoms with Crippen LogP contribution in [0.2, 0.25) is 0 Å². The molecule has 0 unspecified atom stereocenters. The zero-order valence-corrected chi connectivity index (χ0v) is 21.8. The van der Waals surface area contributed by atoms with E-state index in [1.165, 1.54) is 0 Å². The summed E-state index contributed by atoms with van der Waals surface area (Å²) in [4.78, 5) is 14.8. The van der Waals surface area contributed by atoms with Crippen molar-refractivity contribution in [1.29, 1.82) is 0 Å². The third-order valence-electron chi connectivity index (χ3n) is 6.61. The summed E-state index contributed by atoms with van der Waals surface area (Å²) in [5.74, 6) is 1.81. The minimum absolute atomic E-state index is 0.576. The number of furan rings is 1. The van der Waals surface area contributed by atoms with Gasteiger partial charge in [0.05, 0.1) is 5.56 Å². The highest BCUT2D eigenvalue weighted by Gasteiger charge is 2.17. The van der Waals surface area contributed by atoms with Crippen molar-refractivity contribution in [3.63, 3.8) is 0 Å². The average molecular weight is 554 g/mol. The summed E-state index contributed by atoms with van der Waals surface area (Å²) in [6.45, 7) is 0. The van der Waals surface area contributed by atoms with Crippen LogP contribution in [-0.2, 0) is 0 Å². The first-order valence-corrected chi connectivity index (χ1v) is 13.1. The number of para-hydroxylation sites is 2. The Morgan fingerprint density at radius 3 is 1.95 bits per heavy atom. The molecule has 0 fully saturated rings. The van der Waals surface area contributed by atoms with Crippen molar-refractivity contribution in [3.8, 4) is 45.3 Å². The van der Waals surface area contributed by atoms with Crippen LogP contribution in [0.4, 0.5) is 0 Å². The molecule has 38 heavy (non-hydrogen) atoms. The first-order valence-electron chi connectivity index (χ1n) is 12.3. The van der Waals surface area contributed by atoms with E-state index in [0.29, 0.717) is 17.5 Å². The van der Waals surface area contributed by atoms with Gasteiger partial charge in [-0.1, -0.05) is 107 Å². The van der Waals surface area contributed by atoms with Crippen molar-refractivity contribution in [2.45, 2.75) is 0 Å². The first kappa shape index (κ1) is 22.6. The Labute approximate surface area is 227 Å². The minimum atomic E-state index is 0.576. The molecule has 180 valence electrons. The fraction of sp³-hybridized carbons (Fsp3) is 0. The van der Waals surface area contributed by atoms with Gasteiger partial charge < -0.3 is 4.42 Å². The summed E-state index contributed by atoms with van der Waals surface area (Å²) in [5, 5.41) is 2.11. The van der Waals surface area contributed by atoms with Crippen molar-refractivity contribution in [2.24, 2.45) is 0 Å². The van der Waals surface area contributed by atoms with Crippen molar-refractivity contribution >= 4 is 37.9 Å². The maximum absolute atomic E-state index is 6.31. The Morgan fingerprint density at radius 2 is 1.11 bits per heavy atom. The number of fused-ring (bicyclic) bond motifs is 3. The van der Waals surface area contributed by atoms with Gasteiger partial charge in [-0.2, -0.15) is 0 Å². The number of aromatic nitrogens is 3. The van der Waals surface area contributed by atoms with E-state index in [2.05, 4.69) is 52.3 Å². The molecule has 7 rings (SSSR count). The predicted octanol–water partition coefficient (Wildman–Crippen LogP) is 9.20. The number of halogens is 1. The molecule has 5 aromatic carbocycles. The summed E-state index contributed by atoms with van der Waals surface area (Å²) >= 11 is 3.52. The molecule has 4 nitrogen and oxygen atoms in total. The molecular weight excluding hydrogens is 534 g/mol. The van der Waals surface area contributed by atoms with Crippen molar-refractivity contribution in [3.05, 3.63) is 126 Å². The summed E-state index contributed by atoms with van der Waals surface area (Å²) in [6.07, 6.45) is 0. The summed E-state index contributed by atoms with van der Waals surface area (Å²) in [7, 11) is 0. The summed E-state index contributed by atoms with van der Waals surface area (Å²) < 4.78 is 7.36. The highest BCUT2D eigenvalue weighted by molar-refractivity contribution is 9.10. The number of benzene rings is 5. The van der Waals surface area contributed by atoms with Crippen molar-refractivity contribution in [1.82, 2.24) is 15.0 Å². The Balaban J connectivity index is 1.44. The first-order chi connectivity index (χ1) is 18.7. The van der Waals surface area contributed by atoms with E-state index in [0.717, 1.165) is 54.2 Å². The zero-order valence-electron chi connectivity index (χ0n) is 20.2. The van der Waals surface area contributed by atoms with E-state index in [1.807, 2.05) is 84.9 Å². The van der Waals surface area contributed by atoms with E-state index < -0.39 is 0 Å². The second kappa shape index (κ2) is 9.36. The highest BCUT2D eigenvalue weighted by atomic mass is 79.9. The fourth-order valence-electron chi connectivity index (χ4n) is 4.75. The van der Waals surface area contributed by atoms with Gasteiger partial charge in [0, 0.05) is 26.4 Å². The van der Waals surface area contributed by atoms with Crippen LogP contribution in [0, 0.1) is 0 Å². The average Bonchev–Trinajstić information content (AvgIpc) is 3.37. The lowest BCUT2D eigenvalue weighted by Crippen LogP contribution is -2.00. The Hall–Kier alpha value is -4.61. The van der Waals surface area contributed by atoms with Gasteiger partial charge in [-0.25, -0.2) is 15.0 Å². The molecule has 0 atom stereocenters. The zero-order chi connectivity index (χ0) is 25.5. The van der Waals surface area contributed by atoms with Crippen LogP contribution in [0.5, 0.6) is 0 Å². The lowest BCUT2D eigenvalue weighted by Gasteiger charge is -2.10. The molecule has 0 aliphatic rings. The molecule has 2 aromatic heterocycles. The van der Waals surface area contributed by atoms with Gasteiger partial charge in [0.2, 0.25) is 0 Å². The van der Waals surface area contributed by atoms with Gasteiger partial charge in [-0.15, -0.1) is 0 Å². The molecule has 0 aliphatic carbocycles. The third-order valence-corrected chi connectivity index (χ3v) is 7.14. The molecule has 0 bridgehead atoms. The Bertz CT molecular complexity index is 1930. The molecule has 0 amide bonds. The third kappa shape index (κ3) is 4.07. The van der Waals surface area contributed by atoms with Crippen LogP contribution in [0.15, 0.2) is 130 Å². The number of rotatable bonds is 4. The monoisotopic (exact) mass is 553 g/mol. The van der Waals surface area contributed by atoms with Crippen molar-refractivity contribution < 1.29 is 4.42 Å². The van der Waals surface area contributed by atoms with Gasteiger partial charge in [-0.05, 0) is 41.5 Å². The van der Waals surface area contributed by atoms with Crippen molar-refractivity contribution in [2.75, 3.05) is 0 Å². The lowest BCUT2D eigenvalue weighted by molar-refractivity contribution is 0.669. The van der Waals surface area contributed by atoms with E-state index in [-0.39, 0.29) is 0 Å². The molecule has 0 aliphatic heterocycles. The summed E-state index contributed by atoms with van der Waals surface area (Å²) in [5.41, 5.74) is 6.52. The minimum Gasteiger partial charge on any atom is -0.455 e. The van der Waals surface area contributed by atoms with Crippen LogP contribution in [-0.4, -0.2) is 15.0 Å². The molecule has 7 aromatic rings. The van der Waals surface area contributed by atoms with Crippen LogP contribution in [0.25, 0.3) is 67.2 Å². The fourth-order valence-corrected chi connectivity index (χ4v) is 5.01. The van der Waals surface area contributed by atoms with E-state index >= 15 is 0 Å². The molecule has 0 saturated heterocycles. The van der Waals surface area contributed by atoms with E-state index in [9.17, 15) is 0 Å². The second-order valence-electron chi connectivity index (χ2n) is 9.04. The standard InChI is InChI=1S/C33H20BrN3O/c34-25-18-16-21(17-19-25)23-10-6-11-24(20-23)32-35-31(22-8-2-1-3-9-22)36-33(37-32)28-14-7-13-27-26-12-4-5-15-29(26)38-30(27)28/h1-20H. The molecule has 0 radical (unpaired) electrons. The number of hydrogen-bond donors (Lipinski definition) is 0. The molecule has 0 saturated carbocycles. The van der Waals surface area contributed by atoms with Gasteiger partial charge >= 0.3 is 0 Å². The van der Waals surface area contributed by atoms with Crippen LogP contribution in [0.1, 0.15) is 0 Å². The highest BCUT2D eigenvalue weighted by Crippen LogP contribution is 2.36. The predicted molar refractivity (Wildman–Crippen MR) is 157 cm³/mol. The number of hydrogen-bond acceptors (Lipinski definition) is 4. The topological polar surface area (TPSA) is 51.8 Å². The smallest absolute Gasteiger partial charge is 0.167 e. The molecule has 0 spiro atoms. The van der Waals surface area contributed by atoms with Gasteiger partial charge in [0.15, 0.2) is 17.5 Å². The largest absolute Gasteiger partial charge is 0.455 e. The normalized spacial score (nSPS) is 11.3. The Kier molecular flexibility index (Phi) is 5.56. The lowest BCUT2D eigenvalue weighted by atomic mass is 10.0. The molecular formula is C33H20BrN3O. The SMILES string of the molecule is Brc1ccc(-c2cccc(-c3nc(-c4ccccc4)nc(-c4cccc5c4oc4ccccc45)n3)c2)cc1. The summed E-state index contributed by atoms with van der Waals surface area (Å²) in [6, 6.07) is 40.8.